The first kappa shape index (κ1) is 22.8. The van der Waals surface area contributed by atoms with E-state index in [9.17, 15) is 18.0 Å². The number of aryl methyl sites for hydroxylation is 3. The molecule has 0 saturated heterocycles. The second-order valence-electron chi connectivity index (χ2n) is 7.38. The summed E-state index contributed by atoms with van der Waals surface area (Å²) in [6, 6.07) is 10.7. The molecule has 4 aromatic rings. The number of carbonyl (C=O) groups excluding carboxylic acids is 1. The van der Waals surface area contributed by atoms with Crippen molar-refractivity contribution < 1.29 is 22.7 Å². The minimum absolute atomic E-state index is 0.308. The van der Waals surface area contributed by atoms with Gasteiger partial charge in [0, 0.05) is 17.4 Å². The molecule has 2 aromatic heterocycles. The van der Waals surface area contributed by atoms with Crippen molar-refractivity contribution in [2.75, 3.05) is 10.6 Å². The van der Waals surface area contributed by atoms with Gasteiger partial charge in [-0.2, -0.15) is 10.1 Å². The molecule has 2 heterocycles. The van der Waals surface area contributed by atoms with Gasteiger partial charge in [-0.15, -0.1) is 0 Å². The van der Waals surface area contributed by atoms with Gasteiger partial charge in [0.25, 0.3) is 0 Å². The number of anilines is 2. The molecule has 2 amide bonds. The number of hydrogen-bond donors (Lipinski definition) is 2. The highest BCUT2D eigenvalue weighted by atomic mass is 19.2. The molecule has 174 valence electrons. The van der Waals surface area contributed by atoms with E-state index in [1.807, 2.05) is 19.9 Å². The lowest BCUT2D eigenvalue weighted by Gasteiger charge is -2.11. The molecule has 0 saturated carbocycles. The summed E-state index contributed by atoms with van der Waals surface area (Å²) < 4.78 is 47.6. The Labute approximate surface area is 192 Å². The average Bonchev–Trinajstić information content (AvgIpc) is 3.13. The number of urea groups is 1. The number of ether oxygens (including phenoxy) is 1. The second kappa shape index (κ2) is 9.22. The van der Waals surface area contributed by atoms with Crippen LogP contribution >= 0.6 is 0 Å². The van der Waals surface area contributed by atoms with Crippen molar-refractivity contribution in [2.45, 2.75) is 20.8 Å². The Bertz CT molecular complexity index is 1370. The van der Waals surface area contributed by atoms with E-state index in [-0.39, 0.29) is 0 Å². The van der Waals surface area contributed by atoms with Gasteiger partial charge in [-0.25, -0.2) is 27.6 Å². The van der Waals surface area contributed by atoms with Crippen molar-refractivity contribution in [3.8, 4) is 17.4 Å². The fourth-order valence-corrected chi connectivity index (χ4v) is 3.18. The zero-order valence-electron chi connectivity index (χ0n) is 18.4. The molecule has 0 aliphatic carbocycles. The summed E-state index contributed by atoms with van der Waals surface area (Å²) in [7, 11) is 0. The number of amides is 2. The van der Waals surface area contributed by atoms with Gasteiger partial charge in [0.1, 0.15) is 11.6 Å². The molecule has 0 atom stereocenters. The molecule has 11 heteroatoms. The molecular weight excluding hydrogens is 449 g/mol. The van der Waals surface area contributed by atoms with E-state index in [2.05, 4.69) is 25.7 Å². The standard InChI is InChI=1S/C23H19F3N6O2/c1-12-10-13(2)32(31-12)19-11-20(28-14(3)27-19)34-16-6-4-15(5-7-16)29-23(33)30-18-9-8-17(24)21(25)22(18)26/h4-11H,1-3H3,(H2,29,30,33). The Morgan fingerprint density at radius 1 is 0.912 bits per heavy atom. The summed E-state index contributed by atoms with van der Waals surface area (Å²) in [5, 5.41) is 9.01. The Hall–Kier alpha value is -4.41. The molecule has 4 rings (SSSR count). The van der Waals surface area contributed by atoms with Crippen molar-refractivity contribution >= 4 is 17.4 Å². The van der Waals surface area contributed by atoms with Crippen LogP contribution in [0.5, 0.6) is 11.6 Å². The Kier molecular flexibility index (Phi) is 6.17. The third kappa shape index (κ3) is 4.98. The average molecular weight is 468 g/mol. The minimum atomic E-state index is -1.67. The quantitative estimate of drug-likeness (QED) is 0.381. The van der Waals surface area contributed by atoms with Gasteiger partial charge < -0.3 is 15.4 Å². The summed E-state index contributed by atoms with van der Waals surface area (Å²) in [5.74, 6) is -2.69. The molecular formula is C23H19F3N6O2. The largest absolute Gasteiger partial charge is 0.439 e. The lowest BCUT2D eigenvalue weighted by atomic mass is 10.3. The number of nitrogens with one attached hydrogen (secondary N) is 2. The van der Waals surface area contributed by atoms with Crippen LogP contribution in [-0.2, 0) is 0 Å². The van der Waals surface area contributed by atoms with Crippen LogP contribution < -0.4 is 15.4 Å². The van der Waals surface area contributed by atoms with Gasteiger partial charge in [-0.1, -0.05) is 0 Å². The van der Waals surface area contributed by atoms with E-state index in [1.54, 1.807) is 41.9 Å². The number of aromatic nitrogens is 4. The lowest BCUT2D eigenvalue weighted by Crippen LogP contribution is -2.20. The third-order valence-corrected chi connectivity index (χ3v) is 4.65. The van der Waals surface area contributed by atoms with Crippen LogP contribution in [0.1, 0.15) is 17.2 Å². The maximum atomic E-state index is 13.7. The second-order valence-corrected chi connectivity index (χ2v) is 7.38. The minimum Gasteiger partial charge on any atom is -0.439 e. The Balaban J connectivity index is 1.44. The van der Waals surface area contributed by atoms with Crippen molar-refractivity contribution in [1.29, 1.82) is 0 Å². The number of nitrogens with zero attached hydrogens (tertiary/aromatic N) is 4. The van der Waals surface area contributed by atoms with Crippen molar-refractivity contribution in [1.82, 2.24) is 19.7 Å². The van der Waals surface area contributed by atoms with E-state index in [0.717, 1.165) is 23.5 Å². The predicted octanol–water partition coefficient (Wildman–Crippen LogP) is 5.44. The zero-order valence-corrected chi connectivity index (χ0v) is 18.4. The normalized spacial score (nSPS) is 10.8. The molecule has 0 fully saturated rings. The van der Waals surface area contributed by atoms with E-state index in [0.29, 0.717) is 29.0 Å². The molecule has 2 aromatic carbocycles. The van der Waals surface area contributed by atoms with Gasteiger partial charge in [-0.05, 0) is 63.2 Å². The molecule has 0 unspecified atom stereocenters. The highest BCUT2D eigenvalue weighted by Crippen LogP contribution is 2.24. The molecule has 8 nitrogen and oxygen atoms in total. The SMILES string of the molecule is Cc1cc(C)n(-c2cc(Oc3ccc(NC(=O)Nc4ccc(F)c(F)c4F)cc3)nc(C)n2)n1. The smallest absolute Gasteiger partial charge is 0.323 e. The van der Waals surface area contributed by atoms with E-state index >= 15 is 0 Å². The maximum Gasteiger partial charge on any atom is 0.323 e. The summed E-state index contributed by atoms with van der Waals surface area (Å²) in [6.45, 7) is 5.55. The van der Waals surface area contributed by atoms with Crippen LogP contribution in [-0.4, -0.2) is 25.8 Å². The molecule has 0 aliphatic rings. The molecule has 34 heavy (non-hydrogen) atoms. The van der Waals surface area contributed by atoms with Crippen molar-refractivity contribution in [3.63, 3.8) is 0 Å². The summed E-state index contributed by atoms with van der Waals surface area (Å²) in [5.41, 5.74) is 1.64. The van der Waals surface area contributed by atoms with Crippen molar-refractivity contribution in [2.24, 2.45) is 0 Å². The van der Waals surface area contributed by atoms with Crippen LogP contribution in [0.3, 0.4) is 0 Å². The van der Waals surface area contributed by atoms with Crippen LogP contribution in [0.4, 0.5) is 29.3 Å². The first-order valence-electron chi connectivity index (χ1n) is 10.1. The highest BCUT2D eigenvalue weighted by Gasteiger charge is 2.15. The maximum absolute atomic E-state index is 13.7. The van der Waals surface area contributed by atoms with E-state index in [1.165, 1.54) is 0 Å². The summed E-state index contributed by atoms with van der Waals surface area (Å²) >= 11 is 0. The molecule has 2 N–H and O–H groups in total. The number of carbonyl (C=O) groups is 1. The number of halogens is 3. The third-order valence-electron chi connectivity index (χ3n) is 4.65. The van der Waals surface area contributed by atoms with E-state index < -0.39 is 29.2 Å². The lowest BCUT2D eigenvalue weighted by molar-refractivity contribution is 0.262. The highest BCUT2D eigenvalue weighted by molar-refractivity contribution is 5.99. The predicted molar refractivity (Wildman–Crippen MR) is 119 cm³/mol. The summed E-state index contributed by atoms with van der Waals surface area (Å²) in [6.07, 6.45) is 0. The zero-order chi connectivity index (χ0) is 24.4. The monoisotopic (exact) mass is 468 g/mol. The van der Waals surface area contributed by atoms with Gasteiger partial charge >= 0.3 is 6.03 Å². The summed E-state index contributed by atoms with van der Waals surface area (Å²) in [4.78, 5) is 20.8. The van der Waals surface area contributed by atoms with Gasteiger partial charge in [0.15, 0.2) is 23.3 Å². The molecule has 0 bridgehead atoms. The molecule has 0 spiro atoms. The molecule has 0 radical (unpaired) electrons. The van der Waals surface area contributed by atoms with Crippen LogP contribution in [0, 0.1) is 38.2 Å². The number of hydrogen-bond acceptors (Lipinski definition) is 5. The Morgan fingerprint density at radius 3 is 2.32 bits per heavy atom. The number of benzene rings is 2. The van der Waals surface area contributed by atoms with Crippen molar-refractivity contribution in [3.05, 3.63) is 83.2 Å². The van der Waals surface area contributed by atoms with E-state index in [4.69, 9.17) is 4.74 Å². The first-order chi connectivity index (χ1) is 16.2. The molecule has 0 aliphatic heterocycles. The first-order valence-corrected chi connectivity index (χ1v) is 10.1. The van der Waals surface area contributed by atoms with Crippen LogP contribution in [0.2, 0.25) is 0 Å². The van der Waals surface area contributed by atoms with Crippen LogP contribution in [0.25, 0.3) is 5.82 Å². The fraction of sp³-hybridized carbons (Fsp3) is 0.130. The number of rotatable bonds is 5. The van der Waals surface area contributed by atoms with Crippen LogP contribution in [0.15, 0.2) is 48.5 Å². The van der Waals surface area contributed by atoms with Gasteiger partial charge in [-0.3, -0.25) is 0 Å². The topological polar surface area (TPSA) is 94.0 Å². The fourth-order valence-electron chi connectivity index (χ4n) is 3.18. The Morgan fingerprint density at radius 2 is 1.65 bits per heavy atom. The van der Waals surface area contributed by atoms with Gasteiger partial charge in [0.05, 0.1) is 11.4 Å². The van der Waals surface area contributed by atoms with Gasteiger partial charge in [0.2, 0.25) is 5.88 Å².